The van der Waals surface area contributed by atoms with Crippen LogP contribution in [-0.4, -0.2) is 33.7 Å². The highest BCUT2D eigenvalue weighted by atomic mass is 16.3. The number of aliphatic hydroxyl groups excluding tert-OH is 1. The molecule has 0 aliphatic heterocycles. The molecule has 0 atom stereocenters. The van der Waals surface area contributed by atoms with E-state index in [1.807, 2.05) is 42.7 Å². The second-order valence-electron chi connectivity index (χ2n) is 6.45. The SMILES string of the molecule is CC(C)(CO)CCCNC(=O)CCn1cnc2ccccc21. The standard InChI is InChI=1S/C17H25N3O2/c1-17(2,12-21)9-5-10-18-16(22)8-11-20-13-19-14-6-3-4-7-15(14)20/h3-4,6-7,13,21H,5,8-12H2,1-2H3,(H,18,22). The van der Waals surface area contributed by atoms with Gasteiger partial charge in [0, 0.05) is 26.1 Å². The number of imidazole rings is 1. The van der Waals surface area contributed by atoms with Crippen LogP contribution in [0, 0.1) is 5.41 Å². The van der Waals surface area contributed by atoms with E-state index in [9.17, 15) is 9.90 Å². The van der Waals surface area contributed by atoms with Crippen LogP contribution in [-0.2, 0) is 11.3 Å². The fourth-order valence-electron chi connectivity index (χ4n) is 2.37. The van der Waals surface area contributed by atoms with Gasteiger partial charge in [-0.15, -0.1) is 0 Å². The Morgan fingerprint density at radius 1 is 1.36 bits per heavy atom. The normalized spacial score (nSPS) is 11.8. The van der Waals surface area contributed by atoms with E-state index < -0.39 is 0 Å². The quantitative estimate of drug-likeness (QED) is 0.736. The fourth-order valence-corrected chi connectivity index (χ4v) is 2.37. The molecule has 5 heteroatoms. The lowest BCUT2D eigenvalue weighted by molar-refractivity contribution is -0.121. The molecule has 120 valence electrons. The average molecular weight is 303 g/mol. The van der Waals surface area contributed by atoms with E-state index in [0.29, 0.717) is 19.5 Å². The number of aliphatic hydroxyl groups is 1. The number of nitrogens with zero attached hydrogens (tertiary/aromatic N) is 2. The number of aromatic nitrogens is 2. The maximum atomic E-state index is 11.9. The molecule has 1 heterocycles. The summed E-state index contributed by atoms with van der Waals surface area (Å²) in [5, 5.41) is 12.1. The summed E-state index contributed by atoms with van der Waals surface area (Å²) in [4.78, 5) is 16.2. The number of hydrogen-bond donors (Lipinski definition) is 2. The third-order valence-electron chi connectivity index (χ3n) is 3.89. The second-order valence-corrected chi connectivity index (χ2v) is 6.45. The number of nitrogens with one attached hydrogen (secondary N) is 1. The minimum Gasteiger partial charge on any atom is -0.396 e. The molecular formula is C17H25N3O2. The molecule has 5 nitrogen and oxygen atoms in total. The molecule has 0 unspecified atom stereocenters. The summed E-state index contributed by atoms with van der Waals surface area (Å²) < 4.78 is 2.00. The maximum absolute atomic E-state index is 11.9. The van der Waals surface area contributed by atoms with Crippen LogP contribution < -0.4 is 5.32 Å². The number of fused-ring (bicyclic) bond motifs is 1. The van der Waals surface area contributed by atoms with Crippen molar-refractivity contribution >= 4 is 16.9 Å². The number of rotatable bonds is 8. The Labute approximate surface area is 131 Å². The number of benzene rings is 1. The molecular weight excluding hydrogens is 278 g/mol. The van der Waals surface area contributed by atoms with Crippen LogP contribution in [0.15, 0.2) is 30.6 Å². The van der Waals surface area contributed by atoms with Gasteiger partial charge in [0.05, 0.1) is 17.4 Å². The van der Waals surface area contributed by atoms with Gasteiger partial charge in [-0.2, -0.15) is 0 Å². The van der Waals surface area contributed by atoms with Gasteiger partial charge < -0.3 is 15.0 Å². The van der Waals surface area contributed by atoms with Crippen molar-refractivity contribution in [2.24, 2.45) is 5.41 Å². The molecule has 0 radical (unpaired) electrons. The highest BCUT2D eigenvalue weighted by Gasteiger charge is 2.15. The largest absolute Gasteiger partial charge is 0.396 e. The van der Waals surface area contributed by atoms with Gasteiger partial charge in [0.2, 0.25) is 5.91 Å². The molecule has 0 saturated carbocycles. The molecule has 1 aromatic heterocycles. The zero-order valence-electron chi connectivity index (χ0n) is 13.4. The highest BCUT2D eigenvalue weighted by molar-refractivity contribution is 5.77. The molecule has 0 saturated heterocycles. The third-order valence-corrected chi connectivity index (χ3v) is 3.89. The van der Waals surface area contributed by atoms with E-state index in [-0.39, 0.29) is 17.9 Å². The van der Waals surface area contributed by atoms with Gasteiger partial charge >= 0.3 is 0 Å². The van der Waals surface area contributed by atoms with E-state index in [1.165, 1.54) is 0 Å². The van der Waals surface area contributed by atoms with E-state index >= 15 is 0 Å². The first-order valence-electron chi connectivity index (χ1n) is 7.79. The first-order chi connectivity index (χ1) is 10.5. The minimum absolute atomic E-state index is 0.0552. The third kappa shape index (κ3) is 4.56. The van der Waals surface area contributed by atoms with E-state index in [4.69, 9.17) is 0 Å². The Hall–Kier alpha value is -1.88. The molecule has 1 aromatic carbocycles. The molecule has 2 rings (SSSR count). The van der Waals surface area contributed by atoms with Gasteiger partial charge in [0.25, 0.3) is 0 Å². The molecule has 2 N–H and O–H groups in total. The summed E-state index contributed by atoms with van der Waals surface area (Å²) in [6, 6.07) is 7.91. The monoisotopic (exact) mass is 303 g/mol. The number of amides is 1. The Balaban J connectivity index is 1.72. The van der Waals surface area contributed by atoms with E-state index in [2.05, 4.69) is 10.3 Å². The van der Waals surface area contributed by atoms with Crippen molar-refractivity contribution in [2.75, 3.05) is 13.2 Å². The van der Waals surface area contributed by atoms with Crippen molar-refractivity contribution in [1.29, 1.82) is 0 Å². The summed E-state index contributed by atoms with van der Waals surface area (Å²) in [5.41, 5.74) is 1.94. The summed E-state index contributed by atoms with van der Waals surface area (Å²) in [6.07, 6.45) is 4.01. The Kier molecular flexibility index (Phi) is 5.55. The van der Waals surface area contributed by atoms with Crippen LogP contribution in [0.5, 0.6) is 0 Å². The molecule has 0 spiro atoms. The van der Waals surface area contributed by atoms with Gasteiger partial charge in [-0.25, -0.2) is 4.98 Å². The van der Waals surface area contributed by atoms with E-state index in [1.54, 1.807) is 6.33 Å². The number of carbonyl (C=O) groups is 1. The average Bonchev–Trinajstić information content (AvgIpc) is 2.93. The van der Waals surface area contributed by atoms with Crippen molar-refractivity contribution < 1.29 is 9.90 Å². The van der Waals surface area contributed by atoms with Crippen molar-refractivity contribution in [3.8, 4) is 0 Å². The fraction of sp³-hybridized carbons (Fsp3) is 0.529. The minimum atomic E-state index is -0.0690. The Morgan fingerprint density at radius 2 is 2.14 bits per heavy atom. The molecule has 0 fully saturated rings. The first kappa shape index (κ1) is 16.5. The van der Waals surface area contributed by atoms with Crippen LogP contribution in [0.2, 0.25) is 0 Å². The molecule has 2 aromatic rings. The smallest absolute Gasteiger partial charge is 0.221 e. The molecule has 22 heavy (non-hydrogen) atoms. The first-order valence-corrected chi connectivity index (χ1v) is 7.79. The van der Waals surface area contributed by atoms with E-state index in [0.717, 1.165) is 23.9 Å². The Bertz CT molecular complexity index is 619. The lowest BCUT2D eigenvalue weighted by atomic mass is 9.89. The predicted molar refractivity (Wildman–Crippen MR) is 87.5 cm³/mol. The van der Waals surface area contributed by atoms with Gasteiger partial charge in [0.1, 0.15) is 0 Å². The van der Waals surface area contributed by atoms with Crippen molar-refractivity contribution in [2.45, 2.75) is 39.7 Å². The molecule has 0 aliphatic carbocycles. The van der Waals surface area contributed by atoms with Crippen LogP contribution in [0.1, 0.15) is 33.1 Å². The summed E-state index contributed by atoms with van der Waals surface area (Å²) >= 11 is 0. The lowest BCUT2D eigenvalue weighted by Gasteiger charge is -2.21. The highest BCUT2D eigenvalue weighted by Crippen LogP contribution is 2.20. The zero-order valence-corrected chi connectivity index (χ0v) is 13.4. The van der Waals surface area contributed by atoms with Crippen LogP contribution >= 0.6 is 0 Å². The van der Waals surface area contributed by atoms with Gasteiger partial charge in [-0.3, -0.25) is 4.79 Å². The van der Waals surface area contributed by atoms with Crippen LogP contribution in [0.4, 0.5) is 0 Å². The zero-order chi connectivity index (χ0) is 16.0. The molecule has 1 amide bonds. The van der Waals surface area contributed by atoms with Gasteiger partial charge in [-0.05, 0) is 30.4 Å². The van der Waals surface area contributed by atoms with Crippen LogP contribution in [0.25, 0.3) is 11.0 Å². The van der Waals surface area contributed by atoms with Crippen molar-refractivity contribution in [3.63, 3.8) is 0 Å². The summed E-state index contributed by atoms with van der Waals surface area (Å²) in [5.74, 6) is 0.0552. The van der Waals surface area contributed by atoms with Gasteiger partial charge in [0.15, 0.2) is 0 Å². The number of carbonyl (C=O) groups excluding carboxylic acids is 1. The number of hydrogen-bond acceptors (Lipinski definition) is 3. The number of para-hydroxylation sites is 2. The Morgan fingerprint density at radius 3 is 2.91 bits per heavy atom. The molecule has 0 aliphatic rings. The van der Waals surface area contributed by atoms with Crippen LogP contribution in [0.3, 0.4) is 0 Å². The number of aryl methyl sites for hydroxylation is 1. The summed E-state index contributed by atoms with van der Waals surface area (Å²) in [6.45, 7) is 5.52. The summed E-state index contributed by atoms with van der Waals surface area (Å²) in [7, 11) is 0. The maximum Gasteiger partial charge on any atom is 0.221 e. The van der Waals surface area contributed by atoms with Crippen molar-refractivity contribution in [1.82, 2.24) is 14.9 Å². The topological polar surface area (TPSA) is 67.2 Å². The molecule has 0 bridgehead atoms. The predicted octanol–water partition coefficient (Wildman–Crippen LogP) is 2.34. The van der Waals surface area contributed by atoms with Gasteiger partial charge in [-0.1, -0.05) is 26.0 Å². The second kappa shape index (κ2) is 7.40. The van der Waals surface area contributed by atoms with Crippen molar-refractivity contribution in [3.05, 3.63) is 30.6 Å². The lowest BCUT2D eigenvalue weighted by Crippen LogP contribution is -2.27.